The lowest BCUT2D eigenvalue weighted by Gasteiger charge is -2.10. The Balaban J connectivity index is 1.82. The van der Waals surface area contributed by atoms with Gasteiger partial charge in [0.15, 0.2) is 0 Å². The van der Waals surface area contributed by atoms with Gasteiger partial charge in [0.2, 0.25) is 10.0 Å². The molecule has 0 fully saturated rings. The standard InChI is InChI=1S/C17H18N4O4S/c1-10-3-4-14(26(18,23)24)6-12(10)8-19-13-5-11-7-15(17(22)25-2)21-16(11)20-9-13/h3-7,9,19H,8H2,1-2H3,(H,20,21)(H2,18,23,24). The summed E-state index contributed by atoms with van der Waals surface area (Å²) in [4.78, 5) is 18.8. The van der Waals surface area contributed by atoms with Gasteiger partial charge in [0.25, 0.3) is 0 Å². The van der Waals surface area contributed by atoms with Gasteiger partial charge in [-0.15, -0.1) is 0 Å². The van der Waals surface area contributed by atoms with Crippen LogP contribution < -0.4 is 10.5 Å². The molecule has 8 nitrogen and oxygen atoms in total. The zero-order valence-corrected chi connectivity index (χ0v) is 15.1. The molecule has 0 unspecified atom stereocenters. The van der Waals surface area contributed by atoms with E-state index in [4.69, 9.17) is 5.14 Å². The molecule has 4 N–H and O–H groups in total. The second kappa shape index (κ2) is 6.77. The van der Waals surface area contributed by atoms with E-state index in [1.807, 2.05) is 13.0 Å². The molecule has 26 heavy (non-hydrogen) atoms. The highest BCUT2D eigenvalue weighted by atomic mass is 32.2. The van der Waals surface area contributed by atoms with Crippen LogP contribution in [0.5, 0.6) is 0 Å². The van der Waals surface area contributed by atoms with E-state index in [0.717, 1.165) is 22.2 Å². The number of methoxy groups -OCH3 is 1. The number of hydrogen-bond acceptors (Lipinski definition) is 6. The molecular weight excluding hydrogens is 356 g/mol. The van der Waals surface area contributed by atoms with Gasteiger partial charge in [0.05, 0.1) is 23.9 Å². The van der Waals surface area contributed by atoms with Crippen LogP contribution in [0.15, 0.2) is 41.4 Å². The first-order chi connectivity index (χ1) is 12.3. The minimum Gasteiger partial charge on any atom is -0.464 e. The number of esters is 1. The summed E-state index contributed by atoms with van der Waals surface area (Å²) in [6, 6.07) is 8.24. The van der Waals surface area contributed by atoms with Crippen LogP contribution in [0.2, 0.25) is 0 Å². The van der Waals surface area contributed by atoms with E-state index < -0.39 is 16.0 Å². The van der Waals surface area contributed by atoms with E-state index in [0.29, 0.717) is 17.9 Å². The van der Waals surface area contributed by atoms with Crippen molar-refractivity contribution in [3.63, 3.8) is 0 Å². The first kappa shape index (κ1) is 17.9. The summed E-state index contributed by atoms with van der Waals surface area (Å²) >= 11 is 0. The number of hydrogen-bond donors (Lipinski definition) is 3. The summed E-state index contributed by atoms with van der Waals surface area (Å²) in [5.74, 6) is -0.465. The summed E-state index contributed by atoms with van der Waals surface area (Å²) in [6.45, 7) is 2.29. The lowest BCUT2D eigenvalue weighted by atomic mass is 10.1. The van der Waals surface area contributed by atoms with E-state index in [-0.39, 0.29) is 4.90 Å². The van der Waals surface area contributed by atoms with Crippen LogP contribution in [0, 0.1) is 6.92 Å². The number of primary sulfonamides is 1. The summed E-state index contributed by atoms with van der Waals surface area (Å²) in [5, 5.41) is 9.14. The quantitative estimate of drug-likeness (QED) is 0.586. The van der Waals surface area contributed by atoms with Gasteiger partial charge in [0, 0.05) is 11.9 Å². The van der Waals surface area contributed by atoms with Gasteiger partial charge in [-0.1, -0.05) is 6.07 Å². The molecule has 0 amide bonds. The van der Waals surface area contributed by atoms with Gasteiger partial charge in [-0.2, -0.15) is 0 Å². The number of benzene rings is 1. The highest BCUT2D eigenvalue weighted by Crippen LogP contribution is 2.20. The van der Waals surface area contributed by atoms with Gasteiger partial charge in [-0.05, 0) is 42.3 Å². The van der Waals surface area contributed by atoms with Crippen LogP contribution >= 0.6 is 0 Å². The molecule has 0 aliphatic heterocycles. The maximum absolute atomic E-state index is 11.6. The van der Waals surface area contributed by atoms with Crippen molar-refractivity contribution in [1.82, 2.24) is 9.97 Å². The number of rotatable bonds is 5. The molecule has 2 aromatic heterocycles. The third-order valence-electron chi connectivity index (χ3n) is 4.01. The number of pyridine rings is 1. The molecule has 136 valence electrons. The molecule has 0 aliphatic rings. The van der Waals surface area contributed by atoms with Gasteiger partial charge in [-0.3, -0.25) is 0 Å². The van der Waals surface area contributed by atoms with Gasteiger partial charge in [-0.25, -0.2) is 23.3 Å². The number of aromatic nitrogens is 2. The number of carbonyl (C=O) groups is 1. The SMILES string of the molecule is COC(=O)c1cc2cc(NCc3cc(S(N)(=O)=O)ccc3C)cnc2[nH]1. The topological polar surface area (TPSA) is 127 Å². The number of sulfonamides is 1. The molecule has 0 atom stereocenters. The predicted molar refractivity (Wildman–Crippen MR) is 97.3 cm³/mol. The smallest absolute Gasteiger partial charge is 0.354 e. The van der Waals surface area contributed by atoms with Crippen LogP contribution in [0.25, 0.3) is 11.0 Å². The third-order valence-corrected chi connectivity index (χ3v) is 4.92. The average Bonchev–Trinajstić information content (AvgIpc) is 3.02. The largest absolute Gasteiger partial charge is 0.464 e. The second-order valence-corrected chi connectivity index (χ2v) is 7.38. The Kier molecular flexibility index (Phi) is 4.66. The molecule has 0 saturated carbocycles. The van der Waals surface area contributed by atoms with Crippen molar-refractivity contribution >= 4 is 32.7 Å². The Morgan fingerprint density at radius 1 is 1.31 bits per heavy atom. The van der Waals surface area contributed by atoms with Crippen LogP contribution in [0.4, 0.5) is 5.69 Å². The molecule has 1 aromatic carbocycles. The molecule has 0 aliphatic carbocycles. The fraction of sp³-hybridized carbons (Fsp3) is 0.176. The predicted octanol–water partition coefficient (Wildman–Crippen LogP) is 1.92. The number of nitrogens with zero attached hydrogens (tertiary/aromatic N) is 1. The van der Waals surface area contributed by atoms with Crippen molar-refractivity contribution < 1.29 is 17.9 Å². The first-order valence-corrected chi connectivity index (χ1v) is 9.26. The molecule has 0 spiro atoms. The molecule has 0 saturated heterocycles. The molecule has 2 heterocycles. The number of aromatic amines is 1. The van der Waals surface area contributed by atoms with Gasteiger partial charge in [0.1, 0.15) is 11.3 Å². The van der Waals surface area contributed by atoms with E-state index in [9.17, 15) is 13.2 Å². The Bertz CT molecular complexity index is 1090. The molecule has 0 radical (unpaired) electrons. The van der Waals surface area contributed by atoms with Crippen molar-refractivity contribution in [2.75, 3.05) is 12.4 Å². The lowest BCUT2D eigenvalue weighted by Crippen LogP contribution is -2.13. The summed E-state index contributed by atoms with van der Waals surface area (Å²) < 4.78 is 27.7. The van der Waals surface area contributed by atoms with Crippen LogP contribution in [-0.4, -0.2) is 31.5 Å². The van der Waals surface area contributed by atoms with Gasteiger partial charge < -0.3 is 15.0 Å². The highest BCUT2D eigenvalue weighted by molar-refractivity contribution is 7.89. The number of anilines is 1. The van der Waals surface area contributed by atoms with Gasteiger partial charge >= 0.3 is 5.97 Å². The average molecular weight is 374 g/mol. The number of ether oxygens (including phenoxy) is 1. The number of nitrogens with two attached hydrogens (primary N) is 1. The van der Waals surface area contributed by atoms with E-state index >= 15 is 0 Å². The fourth-order valence-corrected chi connectivity index (χ4v) is 3.11. The third kappa shape index (κ3) is 3.68. The minimum atomic E-state index is -3.75. The van der Waals surface area contributed by atoms with Crippen LogP contribution in [0.1, 0.15) is 21.6 Å². The van der Waals surface area contributed by atoms with Crippen molar-refractivity contribution in [3.05, 3.63) is 53.3 Å². The van der Waals surface area contributed by atoms with Crippen molar-refractivity contribution in [1.29, 1.82) is 0 Å². The molecule has 3 rings (SSSR count). The Morgan fingerprint density at radius 3 is 2.77 bits per heavy atom. The summed E-state index contributed by atoms with van der Waals surface area (Å²) in [5.41, 5.74) is 3.37. The molecule has 9 heteroatoms. The van der Waals surface area contributed by atoms with E-state index in [1.165, 1.54) is 13.2 Å². The lowest BCUT2D eigenvalue weighted by molar-refractivity contribution is 0.0595. The molecular formula is C17H18N4O4S. The Morgan fingerprint density at radius 2 is 2.08 bits per heavy atom. The molecule has 3 aromatic rings. The van der Waals surface area contributed by atoms with Crippen LogP contribution in [0.3, 0.4) is 0 Å². The molecule has 0 bridgehead atoms. The Labute approximate surface area is 150 Å². The van der Waals surface area contributed by atoms with Crippen molar-refractivity contribution in [2.24, 2.45) is 5.14 Å². The number of carbonyl (C=O) groups excluding carboxylic acids is 1. The summed E-state index contributed by atoms with van der Waals surface area (Å²) in [6.07, 6.45) is 1.62. The van der Waals surface area contributed by atoms with Crippen molar-refractivity contribution in [3.8, 4) is 0 Å². The first-order valence-electron chi connectivity index (χ1n) is 7.71. The normalized spacial score (nSPS) is 11.5. The van der Waals surface area contributed by atoms with E-state index in [2.05, 4.69) is 20.0 Å². The maximum Gasteiger partial charge on any atom is 0.354 e. The number of fused-ring (bicyclic) bond motifs is 1. The Hall–Kier alpha value is -2.91. The van der Waals surface area contributed by atoms with E-state index in [1.54, 1.807) is 24.4 Å². The monoisotopic (exact) mass is 374 g/mol. The number of nitrogens with one attached hydrogen (secondary N) is 2. The number of H-pyrrole nitrogens is 1. The zero-order valence-electron chi connectivity index (χ0n) is 14.2. The maximum atomic E-state index is 11.6. The number of aryl methyl sites for hydroxylation is 1. The van der Waals surface area contributed by atoms with Crippen LogP contribution in [-0.2, 0) is 21.3 Å². The highest BCUT2D eigenvalue weighted by Gasteiger charge is 2.12. The van der Waals surface area contributed by atoms with Crippen molar-refractivity contribution in [2.45, 2.75) is 18.4 Å². The fourth-order valence-electron chi connectivity index (χ4n) is 2.54. The minimum absolute atomic E-state index is 0.0711. The second-order valence-electron chi connectivity index (χ2n) is 5.82. The summed E-state index contributed by atoms with van der Waals surface area (Å²) in [7, 11) is -2.44. The zero-order chi connectivity index (χ0) is 18.9.